The van der Waals surface area contributed by atoms with Crippen molar-refractivity contribution in [3.63, 3.8) is 0 Å². The highest BCUT2D eigenvalue weighted by atomic mass is 79.9. The second-order valence-corrected chi connectivity index (χ2v) is 6.54. The zero-order valence-electron chi connectivity index (χ0n) is 11.1. The summed E-state index contributed by atoms with van der Waals surface area (Å²) in [6.07, 6.45) is 6.66. The van der Waals surface area contributed by atoms with Crippen molar-refractivity contribution < 1.29 is 9.90 Å². The normalized spacial score (nSPS) is 24.2. The number of carboxylic acid groups (broad SMARTS) is 1. The highest BCUT2D eigenvalue weighted by molar-refractivity contribution is 9.09. The van der Waals surface area contributed by atoms with E-state index in [0.29, 0.717) is 16.3 Å². The van der Waals surface area contributed by atoms with Crippen molar-refractivity contribution in [3.8, 4) is 0 Å². The summed E-state index contributed by atoms with van der Waals surface area (Å²) >= 11 is 3.68. The molecule has 0 amide bonds. The first-order valence-corrected chi connectivity index (χ1v) is 7.63. The Balaban J connectivity index is 2.06. The SMILES string of the molecule is CC(=Cc1ccc(C2CCC(Br)CC2)cc1)C(=O)O. The van der Waals surface area contributed by atoms with Crippen LogP contribution in [0.3, 0.4) is 0 Å². The standard InChI is InChI=1S/C16H19BrO2/c1-11(16(18)19)10-12-2-4-13(5-3-12)14-6-8-15(17)9-7-14/h2-5,10,14-15H,6-9H2,1H3,(H,18,19). The van der Waals surface area contributed by atoms with Gasteiger partial charge in [0, 0.05) is 10.4 Å². The van der Waals surface area contributed by atoms with Crippen molar-refractivity contribution in [2.24, 2.45) is 0 Å². The lowest BCUT2D eigenvalue weighted by Gasteiger charge is -2.25. The molecule has 0 spiro atoms. The maximum Gasteiger partial charge on any atom is 0.331 e. The summed E-state index contributed by atoms with van der Waals surface area (Å²) in [7, 11) is 0. The van der Waals surface area contributed by atoms with E-state index in [4.69, 9.17) is 5.11 Å². The van der Waals surface area contributed by atoms with Crippen LogP contribution in [0.25, 0.3) is 6.08 Å². The summed E-state index contributed by atoms with van der Waals surface area (Å²) in [5.74, 6) is -0.202. The molecular formula is C16H19BrO2. The van der Waals surface area contributed by atoms with Gasteiger partial charge in [-0.2, -0.15) is 0 Å². The number of rotatable bonds is 3. The smallest absolute Gasteiger partial charge is 0.331 e. The van der Waals surface area contributed by atoms with Crippen molar-refractivity contribution in [2.45, 2.75) is 43.4 Å². The van der Waals surface area contributed by atoms with Gasteiger partial charge in [0.15, 0.2) is 0 Å². The molecule has 2 nitrogen and oxygen atoms in total. The average molecular weight is 323 g/mol. The van der Waals surface area contributed by atoms with E-state index in [1.54, 1.807) is 13.0 Å². The third-order valence-electron chi connectivity index (χ3n) is 3.79. The molecule has 19 heavy (non-hydrogen) atoms. The number of hydrogen-bond donors (Lipinski definition) is 1. The lowest BCUT2D eigenvalue weighted by molar-refractivity contribution is -0.132. The number of hydrogen-bond acceptors (Lipinski definition) is 1. The van der Waals surface area contributed by atoms with Gasteiger partial charge in [-0.3, -0.25) is 0 Å². The fourth-order valence-corrected chi connectivity index (χ4v) is 3.09. The largest absolute Gasteiger partial charge is 0.478 e. The molecule has 1 aromatic rings. The van der Waals surface area contributed by atoms with Gasteiger partial charge in [0.05, 0.1) is 0 Å². The Kier molecular flexibility index (Phi) is 4.81. The summed E-state index contributed by atoms with van der Waals surface area (Å²) in [6.45, 7) is 1.62. The molecule has 0 radical (unpaired) electrons. The number of alkyl halides is 1. The molecule has 0 aliphatic heterocycles. The fourth-order valence-electron chi connectivity index (χ4n) is 2.56. The van der Waals surface area contributed by atoms with Crippen molar-refractivity contribution in [1.82, 2.24) is 0 Å². The van der Waals surface area contributed by atoms with Gasteiger partial charge in [0.1, 0.15) is 0 Å². The molecule has 1 saturated carbocycles. The molecule has 1 aliphatic carbocycles. The van der Waals surface area contributed by atoms with E-state index < -0.39 is 5.97 Å². The van der Waals surface area contributed by atoms with E-state index in [1.165, 1.54) is 31.2 Å². The first-order chi connectivity index (χ1) is 9.06. The lowest BCUT2D eigenvalue weighted by atomic mass is 9.84. The summed E-state index contributed by atoms with van der Waals surface area (Å²) in [4.78, 5) is 11.5. The van der Waals surface area contributed by atoms with Crippen molar-refractivity contribution in [1.29, 1.82) is 0 Å². The minimum Gasteiger partial charge on any atom is -0.478 e. The molecule has 1 fully saturated rings. The molecule has 0 aromatic heterocycles. The molecule has 0 saturated heterocycles. The highest BCUT2D eigenvalue weighted by Crippen LogP contribution is 2.35. The monoisotopic (exact) mass is 322 g/mol. The Hall–Kier alpha value is -1.09. The first kappa shape index (κ1) is 14.3. The maximum absolute atomic E-state index is 10.8. The van der Waals surface area contributed by atoms with E-state index in [0.717, 1.165) is 5.56 Å². The van der Waals surface area contributed by atoms with E-state index in [9.17, 15) is 4.79 Å². The Labute approximate surface area is 122 Å². The minimum atomic E-state index is -0.861. The van der Waals surface area contributed by atoms with Crippen molar-refractivity contribution in [3.05, 3.63) is 41.0 Å². The van der Waals surface area contributed by atoms with Gasteiger partial charge in [-0.15, -0.1) is 0 Å². The number of aliphatic carboxylic acids is 1. The van der Waals surface area contributed by atoms with E-state index in [-0.39, 0.29) is 0 Å². The molecule has 1 N–H and O–H groups in total. The third-order valence-corrected chi connectivity index (χ3v) is 4.70. The predicted octanol–water partition coefficient (Wildman–Crippen LogP) is 4.60. The molecule has 0 bridgehead atoms. The summed E-state index contributed by atoms with van der Waals surface area (Å²) in [5.41, 5.74) is 2.70. The molecule has 0 heterocycles. The number of halogens is 1. The summed E-state index contributed by atoms with van der Waals surface area (Å²) in [6, 6.07) is 8.31. The van der Waals surface area contributed by atoms with Crippen LogP contribution in [0, 0.1) is 0 Å². The zero-order chi connectivity index (χ0) is 13.8. The number of carbonyl (C=O) groups is 1. The molecule has 1 aliphatic rings. The van der Waals surface area contributed by atoms with Crippen molar-refractivity contribution in [2.75, 3.05) is 0 Å². The number of benzene rings is 1. The van der Waals surface area contributed by atoms with Gasteiger partial charge in [0.2, 0.25) is 0 Å². The van der Waals surface area contributed by atoms with Crippen LogP contribution in [0.4, 0.5) is 0 Å². The molecule has 0 unspecified atom stereocenters. The van der Waals surface area contributed by atoms with Gasteiger partial charge in [-0.25, -0.2) is 4.79 Å². The van der Waals surface area contributed by atoms with Crippen LogP contribution in [-0.4, -0.2) is 15.9 Å². The Morgan fingerprint density at radius 2 is 1.79 bits per heavy atom. The van der Waals surface area contributed by atoms with E-state index in [1.807, 2.05) is 12.1 Å². The average Bonchev–Trinajstić information content (AvgIpc) is 2.40. The van der Waals surface area contributed by atoms with Gasteiger partial charge >= 0.3 is 5.97 Å². The second-order valence-electron chi connectivity index (χ2n) is 5.25. The van der Waals surface area contributed by atoms with Crippen LogP contribution >= 0.6 is 15.9 Å². The fraction of sp³-hybridized carbons (Fsp3) is 0.438. The van der Waals surface area contributed by atoms with Gasteiger partial charge in [0.25, 0.3) is 0 Å². The van der Waals surface area contributed by atoms with Crippen LogP contribution in [0.5, 0.6) is 0 Å². The molecule has 102 valence electrons. The second kappa shape index (κ2) is 6.38. The Morgan fingerprint density at radius 3 is 2.32 bits per heavy atom. The molecule has 2 rings (SSSR count). The van der Waals surface area contributed by atoms with Crippen LogP contribution in [-0.2, 0) is 4.79 Å². The minimum absolute atomic E-state index is 0.368. The molecular weight excluding hydrogens is 304 g/mol. The Bertz CT molecular complexity index is 468. The molecule has 1 aromatic carbocycles. The van der Waals surface area contributed by atoms with E-state index in [2.05, 4.69) is 28.1 Å². The van der Waals surface area contributed by atoms with Crippen LogP contribution in [0.1, 0.15) is 49.7 Å². The van der Waals surface area contributed by atoms with Crippen molar-refractivity contribution >= 4 is 28.0 Å². The number of carboxylic acids is 1. The summed E-state index contributed by atoms with van der Waals surface area (Å²) in [5, 5.41) is 8.85. The van der Waals surface area contributed by atoms with Crippen LogP contribution in [0.2, 0.25) is 0 Å². The first-order valence-electron chi connectivity index (χ1n) is 6.72. The van der Waals surface area contributed by atoms with Crippen LogP contribution in [0.15, 0.2) is 29.8 Å². The zero-order valence-corrected chi connectivity index (χ0v) is 12.7. The van der Waals surface area contributed by atoms with Gasteiger partial charge in [-0.05, 0) is 55.7 Å². The topological polar surface area (TPSA) is 37.3 Å². The highest BCUT2D eigenvalue weighted by Gasteiger charge is 2.20. The van der Waals surface area contributed by atoms with E-state index >= 15 is 0 Å². The van der Waals surface area contributed by atoms with Gasteiger partial charge in [-0.1, -0.05) is 40.2 Å². The molecule has 0 atom stereocenters. The Morgan fingerprint density at radius 1 is 1.21 bits per heavy atom. The predicted molar refractivity (Wildman–Crippen MR) is 81.7 cm³/mol. The van der Waals surface area contributed by atoms with Gasteiger partial charge < -0.3 is 5.11 Å². The maximum atomic E-state index is 10.8. The summed E-state index contributed by atoms with van der Waals surface area (Å²) < 4.78 is 0. The van der Waals surface area contributed by atoms with Crippen LogP contribution < -0.4 is 0 Å². The quantitative estimate of drug-likeness (QED) is 0.652. The third kappa shape index (κ3) is 3.93. The lowest BCUT2D eigenvalue weighted by Crippen LogP contribution is -2.12. The molecule has 3 heteroatoms.